The molecule has 0 saturated carbocycles. The Morgan fingerprint density at radius 3 is 0.985 bits per heavy atom. The molecule has 0 aromatic heterocycles. The predicted octanol–water partition coefficient (Wildman–Crippen LogP) is 12.9. The number of ether oxygens (including phenoxy) is 2. The lowest BCUT2D eigenvalue weighted by molar-refractivity contribution is 0.406. The van der Waals surface area contributed by atoms with Gasteiger partial charge in [-0.05, 0) is 119 Å². The average molecular weight is 881 g/mol. The van der Waals surface area contributed by atoms with E-state index in [0.717, 1.165) is 59.1 Å². The largest absolute Gasteiger partial charge is 0.508 e. The summed E-state index contributed by atoms with van der Waals surface area (Å²) in [7, 11) is 3.19. The monoisotopic (exact) mass is 880 g/mol. The molecule has 8 rings (SSSR count). The first-order chi connectivity index (χ1) is 32.0. The molecule has 8 aromatic carbocycles. The van der Waals surface area contributed by atoms with Gasteiger partial charge in [-0.2, -0.15) is 0 Å². The number of hydrogen-bond acceptors (Lipinski definition) is 8. The van der Waals surface area contributed by atoms with Crippen molar-refractivity contribution >= 4 is 24.3 Å². The van der Waals surface area contributed by atoms with Crippen LogP contribution in [-0.2, 0) is 25.7 Å². The summed E-state index contributed by atoms with van der Waals surface area (Å²) in [5, 5.41) is 56.3. The average Bonchev–Trinajstić information content (AvgIpc) is 3.32. The van der Waals surface area contributed by atoms with Gasteiger partial charge >= 0.3 is 0 Å². The summed E-state index contributed by atoms with van der Waals surface area (Å²) in [5.74, 6) is 2.17. The molecule has 8 heteroatoms. The van der Waals surface area contributed by atoms with E-state index in [1.807, 2.05) is 133 Å². The Kier molecular flexibility index (Phi) is 19.4. The Bertz CT molecular complexity index is 2680. The van der Waals surface area contributed by atoms with Crippen LogP contribution in [0.15, 0.2) is 194 Å². The molecule has 6 N–H and O–H groups in total. The molecule has 336 valence electrons. The molecule has 0 amide bonds. The van der Waals surface area contributed by atoms with E-state index in [9.17, 15) is 30.6 Å². The fourth-order valence-electron chi connectivity index (χ4n) is 6.62. The van der Waals surface area contributed by atoms with Crippen molar-refractivity contribution in [1.29, 1.82) is 0 Å². The third kappa shape index (κ3) is 18.2. The van der Waals surface area contributed by atoms with Gasteiger partial charge in [0.1, 0.15) is 46.0 Å². The van der Waals surface area contributed by atoms with Gasteiger partial charge in [0.25, 0.3) is 0 Å². The zero-order valence-electron chi connectivity index (χ0n) is 37.1. The van der Waals surface area contributed by atoms with Crippen LogP contribution in [0, 0.1) is 0 Å². The van der Waals surface area contributed by atoms with Gasteiger partial charge in [-0.1, -0.05) is 146 Å². The van der Waals surface area contributed by atoms with Crippen LogP contribution in [0.1, 0.15) is 44.5 Å². The number of phenols is 6. The van der Waals surface area contributed by atoms with E-state index in [4.69, 9.17) is 9.47 Å². The quantitative estimate of drug-likeness (QED) is 0.0667. The highest BCUT2D eigenvalue weighted by Crippen LogP contribution is 2.25. The molecule has 8 aromatic rings. The second-order valence-electron chi connectivity index (χ2n) is 15.1. The number of phenolic OH excluding ortho intramolecular Hbond substituents is 6. The second-order valence-corrected chi connectivity index (χ2v) is 15.1. The number of methoxy groups -OCH3 is 2. The van der Waals surface area contributed by atoms with Crippen LogP contribution in [0.4, 0.5) is 0 Å². The molecule has 8 nitrogen and oxygen atoms in total. The van der Waals surface area contributed by atoms with E-state index in [-0.39, 0.29) is 34.5 Å². The summed E-state index contributed by atoms with van der Waals surface area (Å²) >= 11 is 0. The smallest absolute Gasteiger partial charge is 0.123 e. The van der Waals surface area contributed by atoms with Crippen LogP contribution in [0.25, 0.3) is 24.3 Å². The molecule has 0 unspecified atom stereocenters. The highest BCUT2D eigenvalue weighted by molar-refractivity contribution is 5.71. The Labute approximate surface area is 387 Å². The van der Waals surface area contributed by atoms with Crippen molar-refractivity contribution in [1.82, 2.24) is 0 Å². The van der Waals surface area contributed by atoms with E-state index in [2.05, 4.69) is 24.3 Å². The van der Waals surface area contributed by atoms with Crippen molar-refractivity contribution in [2.45, 2.75) is 25.7 Å². The van der Waals surface area contributed by atoms with Gasteiger partial charge in [0.15, 0.2) is 0 Å². The van der Waals surface area contributed by atoms with Crippen LogP contribution >= 0.6 is 0 Å². The van der Waals surface area contributed by atoms with E-state index in [1.54, 1.807) is 62.8 Å². The van der Waals surface area contributed by atoms with Crippen LogP contribution in [0.3, 0.4) is 0 Å². The first-order valence-electron chi connectivity index (χ1n) is 21.4. The maximum atomic E-state index is 9.54. The lowest BCUT2D eigenvalue weighted by Crippen LogP contribution is -1.92. The van der Waals surface area contributed by atoms with Crippen molar-refractivity contribution in [2.75, 3.05) is 14.2 Å². The van der Waals surface area contributed by atoms with Crippen molar-refractivity contribution in [2.24, 2.45) is 0 Å². The van der Waals surface area contributed by atoms with Gasteiger partial charge in [0.2, 0.25) is 0 Å². The summed E-state index contributed by atoms with van der Waals surface area (Å²) in [5.41, 5.74) is 8.46. The van der Waals surface area contributed by atoms with Crippen molar-refractivity contribution in [3.8, 4) is 46.0 Å². The molecule has 0 aliphatic heterocycles. The topological polar surface area (TPSA) is 140 Å². The maximum Gasteiger partial charge on any atom is 0.123 e. The molecule has 0 saturated heterocycles. The number of hydrogen-bond donors (Lipinski definition) is 6. The van der Waals surface area contributed by atoms with Crippen LogP contribution < -0.4 is 9.47 Å². The standard InChI is InChI=1S/C15H16O2.C15H14O2.C14H14O2.C14H12O2/c2*1-17-15-10-13(9-14(16)11-15)8-7-12-5-3-2-4-6-12;2*15-13-8-12(9-14(16)10-13)7-6-11-4-2-1-3-5-11/h2-6,9-11,16H,7-8H2,1H3;2-11,16H,1H3;1-5,8-10,15-16H,6-7H2;1-10,15-16H/b;8-7+;;7-6+. The summed E-state index contributed by atoms with van der Waals surface area (Å²) in [6.45, 7) is 0. The Hall–Kier alpha value is -8.36. The molecule has 0 aliphatic rings. The third-order valence-electron chi connectivity index (χ3n) is 9.85. The Balaban J connectivity index is 0.000000165. The minimum Gasteiger partial charge on any atom is -0.508 e. The summed E-state index contributed by atoms with van der Waals surface area (Å²) in [4.78, 5) is 0. The van der Waals surface area contributed by atoms with E-state index in [0.29, 0.717) is 11.5 Å². The molecule has 0 heterocycles. The third-order valence-corrected chi connectivity index (χ3v) is 9.85. The predicted molar refractivity (Wildman–Crippen MR) is 267 cm³/mol. The zero-order valence-corrected chi connectivity index (χ0v) is 37.1. The van der Waals surface area contributed by atoms with Gasteiger partial charge in [0.05, 0.1) is 14.2 Å². The van der Waals surface area contributed by atoms with Crippen molar-refractivity contribution in [3.05, 3.63) is 239 Å². The number of benzene rings is 8. The van der Waals surface area contributed by atoms with Crippen molar-refractivity contribution in [3.63, 3.8) is 0 Å². The minimum atomic E-state index is 0.0627. The normalized spacial score (nSPS) is 10.5. The lowest BCUT2D eigenvalue weighted by atomic mass is 10.0. The van der Waals surface area contributed by atoms with Gasteiger partial charge in [-0.25, -0.2) is 0 Å². The Morgan fingerprint density at radius 2 is 0.576 bits per heavy atom. The van der Waals surface area contributed by atoms with E-state index in [1.165, 1.54) is 23.3 Å². The molecule has 0 radical (unpaired) electrons. The molecule has 0 aliphatic carbocycles. The fraction of sp³-hybridized carbons (Fsp3) is 0.103. The second kappa shape index (κ2) is 26.3. The minimum absolute atomic E-state index is 0.0627. The SMILES string of the molecule is COc1cc(O)cc(/C=C/c2ccccc2)c1.COc1cc(O)cc(CCc2ccccc2)c1.Oc1cc(O)cc(/C=C/c2ccccc2)c1.Oc1cc(O)cc(CCc2ccccc2)c1. The zero-order chi connectivity index (χ0) is 46.9. The highest BCUT2D eigenvalue weighted by atomic mass is 16.5. The molecular weight excluding hydrogens is 825 g/mol. The van der Waals surface area contributed by atoms with Gasteiger partial charge < -0.3 is 40.1 Å². The number of aryl methyl sites for hydroxylation is 4. The maximum absolute atomic E-state index is 9.54. The summed E-state index contributed by atoms with van der Waals surface area (Å²) < 4.78 is 10.2. The summed E-state index contributed by atoms with van der Waals surface area (Å²) in [6, 6.07) is 60.0. The molecule has 0 fully saturated rings. The van der Waals surface area contributed by atoms with Crippen LogP contribution in [-0.4, -0.2) is 44.9 Å². The highest BCUT2D eigenvalue weighted by Gasteiger charge is 2.03. The molecule has 0 atom stereocenters. The number of rotatable bonds is 12. The Morgan fingerprint density at radius 1 is 0.288 bits per heavy atom. The number of aromatic hydroxyl groups is 6. The van der Waals surface area contributed by atoms with Crippen molar-refractivity contribution < 1.29 is 40.1 Å². The van der Waals surface area contributed by atoms with Crippen LogP contribution in [0.2, 0.25) is 0 Å². The first-order valence-corrected chi connectivity index (χ1v) is 21.4. The van der Waals surface area contributed by atoms with Crippen LogP contribution in [0.5, 0.6) is 46.0 Å². The van der Waals surface area contributed by atoms with E-state index < -0.39 is 0 Å². The molecule has 0 spiro atoms. The summed E-state index contributed by atoms with van der Waals surface area (Å²) in [6.07, 6.45) is 11.3. The molecule has 0 bridgehead atoms. The first kappa shape index (κ1) is 48.7. The lowest BCUT2D eigenvalue weighted by Gasteiger charge is -2.06. The molecule has 66 heavy (non-hydrogen) atoms. The van der Waals surface area contributed by atoms with Gasteiger partial charge in [0, 0.05) is 24.3 Å². The van der Waals surface area contributed by atoms with E-state index >= 15 is 0 Å². The fourth-order valence-corrected chi connectivity index (χ4v) is 6.62. The molecular formula is C58H56O8. The van der Waals surface area contributed by atoms with Gasteiger partial charge in [-0.3, -0.25) is 0 Å². The van der Waals surface area contributed by atoms with Gasteiger partial charge in [-0.15, -0.1) is 0 Å².